The molecule has 0 spiro atoms. The molecule has 0 saturated heterocycles. The van der Waals surface area contributed by atoms with E-state index in [1.165, 1.54) is 30.3 Å². The Morgan fingerprint density at radius 3 is 2.39 bits per heavy atom. The van der Waals surface area contributed by atoms with E-state index >= 15 is 0 Å². The zero-order chi connectivity index (χ0) is 17.2. The van der Waals surface area contributed by atoms with E-state index in [-0.39, 0.29) is 33.3 Å². The molecule has 6 nitrogen and oxygen atoms in total. The lowest BCUT2D eigenvalue weighted by Gasteiger charge is -2.15. The summed E-state index contributed by atoms with van der Waals surface area (Å²) >= 11 is 0.222. The van der Waals surface area contributed by atoms with Gasteiger partial charge in [-0.3, -0.25) is 4.79 Å². The van der Waals surface area contributed by atoms with Gasteiger partial charge in [-0.05, 0) is 41.2 Å². The molecule has 0 aliphatic rings. The van der Waals surface area contributed by atoms with Gasteiger partial charge in [-0.25, -0.2) is 4.57 Å². The third kappa shape index (κ3) is 4.36. The van der Waals surface area contributed by atoms with Gasteiger partial charge in [0.25, 0.3) is 0 Å². The Morgan fingerprint density at radius 1 is 1.13 bits per heavy atom. The first-order chi connectivity index (χ1) is 10.7. The van der Waals surface area contributed by atoms with Crippen LogP contribution in [0, 0.1) is 0 Å². The Bertz CT molecular complexity index is 785. The van der Waals surface area contributed by atoms with E-state index in [1.807, 2.05) is 0 Å². The number of phenolic OH excluding ortho intramolecular Hbond substituents is 2. The van der Waals surface area contributed by atoms with E-state index < -0.39 is 18.5 Å². The predicted octanol–water partition coefficient (Wildman–Crippen LogP) is 3.27. The second-order valence-electron chi connectivity index (χ2n) is 4.91. The van der Waals surface area contributed by atoms with Crippen LogP contribution in [0.5, 0.6) is 11.5 Å². The molecule has 0 amide bonds. The molecule has 2 aromatic carbocycles. The lowest BCUT2D eigenvalue weighted by Crippen LogP contribution is -2.11. The van der Waals surface area contributed by atoms with Crippen molar-refractivity contribution in [2.75, 3.05) is 0 Å². The number of aromatic hydroxyl groups is 2. The number of benzene rings is 2. The van der Waals surface area contributed by atoms with Gasteiger partial charge in [-0.15, -0.1) is 0 Å². The quantitative estimate of drug-likeness (QED) is 0.481. The molecule has 8 heteroatoms. The molecule has 122 valence electrons. The first-order valence-electron chi connectivity index (χ1n) is 6.59. The predicted molar refractivity (Wildman–Crippen MR) is 86.9 cm³/mol. The number of hydrogen-bond donors (Lipinski definition) is 4. The van der Waals surface area contributed by atoms with Gasteiger partial charge in [0.2, 0.25) is 0 Å². The largest absolute Gasteiger partial charge is 0.508 e. The van der Waals surface area contributed by atoms with Crippen molar-refractivity contribution in [1.82, 2.24) is 0 Å². The zero-order valence-electron chi connectivity index (χ0n) is 12.1. The van der Waals surface area contributed by atoms with Crippen molar-refractivity contribution in [3.63, 3.8) is 0 Å². The van der Waals surface area contributed by atoms with Crippen LogP contribution in [0.2, 0.25) is 0 Å². The van der Waals surface area contributed by atoms with Crippen LogP contribution in [-0.2, 0) is 4.57 Å². The molecule has 0 aromatic heterocycles. The van der Waals surface area contributed by atoms with E-state index in [4.69, 9.17) is 9.79 Å². The van der Waals surface area contributed by atoms with E-state index in [1.54, 1.807) is 19.1 Å². The van der Waals surface area contributed by atoms with Crippen molar-refractivity contribution < 1.29 is 29.4 Å². The smallest absolute Gasteiger partial charge is 0.388 e. The third-order valence-corrected chi connectivity index (χ3v) is 5.31. The molecular weight excluding hydrogens is 339 g/mol. The van der Waals surface area contributed by atoms with Gasteiger partial charge in [0, 0.05) is 10.8 Å². The molecule has 0 saturated carbocycles. The molecule has 2 aromatic rings. The van der Waals surface area contributed by atoms with Crippen LogP contribution in [0.3, 0.4) is 0 Å². The van der Waals surface area contributed by atoms with Crippen LogP contribution < -0.4 is 0 Å². The summed E-state index contributed by atoms with van der Waals surface area (Å²) in [4.78, 5) is 30.9. The van der Waals surface area contributed by atoms with E-state index in [2.05, 4.69) is 0 Å². The Kier molecular flexibility index (Phi) is 5.16. The van der Waals surface area contributed by atoms with Crippen LogP contribution in [-0.4, -0.2) is 25.8 Å². The number of carbonyl (C=O) groups excluding carboxylic acids is 1. The Hall–Kier alpha value is -1.79. The van der Waals surface area contributed by atoms with Gasteiger partial charge < -0.3 is 20.0 Å². The second kappa shape index (κ2) is 6.76. The van der Waals surface area contributed by atoms with Crippen LogP contribution in [0.25, 0.3) is 0 Å². The summed E-state index contributed by atoms with van der Waals surface area (Å²) < 4.78 is 11.2. The summed E-state index contributed by atoms with van der Waals surface area (Å²) in [6, 6.07) is 10.2. The minimum Gasteiger partial charge on any atom is -0.508 e. The van der Waals surface area contributed by atoms with Crippen molar-refractivity contribution in [2.24, 2.45) is 0 Å². The van der Waals surface area contributed by atoms with Gasteiger partial charge in [0.1, 0.15) is 11.5 Å². The molecule has 4 N–H and O–H groups in total. The maximum absolute atomic E-state index is 12.7. The maximum atomic E-state index is 12.7. The zero-order valence-corrected chi connectivity index (χ0v) is 13.8. The molecule has 2 rings (SSSR count). The minimum absolute atomic E-state index is 0.00393. The van der Waals surface area contributed by atoms with Crippen molar-refractivity contribution >= 4 is 24.0 Å². The number of ketones is 1. The Balaban J connectivity index is 2.44. The fourth-order valence-corrected chi connectivity index (χ4v) is 4.05. The summed E-state index contributed by atoms with van der Waals surface area (Å²) in [6.07, 6.45) is 0. The fourth-order valence-electron chi connectivity index (χ4n) is 2.13. The minimum atomic E-state index is -4.47. The van der Waals surface area contributed by atoms with Gasteiger partial charge in [0.05, 0.1) is 5.56 Å². The molecule has 1 unspecified atom stereocenters. The van der Waals surface area contributed by atoms with Crippen LogP contribution in [0.1, 0.15) is 28.8 Å². The van der Waals surface area contributed by atoms with Crippen molar-refractivity contribution in [2.45, 2.75) is 17.7 Å². The molecule has 23 heavy (non-hydrogen) atoms. The fraction of sp³-hybridized carbons (Fsp3) is 0.133. The second-order valence-corrected chi connectivity index (χ2v) is 8.49. The summed E-state index contributed by atoms with van der Waals surface area (Å²) in [5.74, 6) is -1.54. The third-order valence-electron chi connectivity index (χ3n) is 3.23. The molecular formula is C15H15O6PS. The standard InChI is InChI=1S/C15H15O6PS/c1-9(10-4-2-5-11(16)8-10)15(18)14-12(17)6-3-7-13(14)23-22(19,20)21/h2-9,16-17H,1H3,(H2,19,20,21). The number of carbonyl (C=O) groups is 1. The van der Waals surface area contributed by atoms with Crippen molar-refractivity contribution in [3.8, 4) is 11.5 Å². The highest BCUT2D eigenvalue weighted by Crippen LogP contribution is 2.56. The average molecular weight is 354 g/mol. The van der Waals surface area contributed by atoms with Crippen molar-refractivity contribution in [3.05, 3.63) is 53.6 Å². The number of phenols is 2. The molecule has 0 aliphatic heterocycles. The van der Waals surface area contributed by atoms with Gasteiger partial charge >= 0.3 is 6.80 Å². The highest BCUT2D eigenvalue weighted by molar-refractivity contribution is 8.54. The van der Waals surface area contributed by atoms with Crippen molar-refractivity contribution in [1.29, 1.82) is 0 Å². The van der Waals surface area contributed by atoms with E-state index in [0.29, 0.717) is 5.56 Å². The number of rotatable bonds is 5. The number of hydrogen-bond acceptors (Lipinski definition) is 5. The molecule has 0 radical (unpaired) electrons. The van der Waals surface area contributed by atoms with Gasteiger partial charge in [0.15, 0.2) is 5.78 Å². The summed E-state index contributed by atoms with van der Waals surface area (Å²) in [5.41, 5.74) is 0.391. The monoisotopic (exact) mass is 354 g/mol. The van der Waals surface area contributed by atoms with Crippen LogP contribution >= 0.6 is 18.2 Å². The lowest BCUT2D eigenvalue weighted by atomic mass is 9.92. The van der Waals surface area contributed by atoms with Crippen LogP contribution in [0.4, 0.5) is 0 Å². The first kappa shape index (κ1) is 17.6. The summed E-state index contributed by atoms with van der Waals surface area (Å²) in [5, 5.41) is 19.5. The highest BCUT2D eigenvalue weighted by Gasteiger charge is 2.27. The molecule has 0 heterocycles. The molecule has 1 atom stereocenters. The molecule has 0 bridgehead atoms. The molecule has 0 aliphatic carbocycles. The Morgan fingerprint density at radius 2 is 1.78 bits per heavy atom. The number of Topliss-reactive ketones (excluding diaryl/α,β-unsaturated/α-hetero) is 1. The summed E-state index contributed by atoms with van der Waals surface area (Å²) in [6.45, 7) is -2.88. The first-order valence-corrected chi connectivity index (χ1v) is 9.62. The average Bonchev–Trinajstić information content (AvgIpc) is 2.44. The van der Waals surface area contributed by atoms with Gasteiger partial charge in [-0.2, -0.15) is 0 Å². The van der Waals surface area contributed by atoms with E-state index in [0.717, 1.165) is 0 Å². The van der Waals surface area contributed by atoms with Gasteiger partial charge in [-0.1, -0.05) is 25.1 Å². The molecule has 0 fully saturated rings. The van der Waals surface area contributed by atoms with Crippen LogP contribution in [0.15, 0.2) is 47.4 Å². The van der Waals surface area contributed by atoms with E-state index in [9.17, 15) is 19.6 Å². The highest BCUT2D eigenvalue weighted by atomic mass is 32.7. The normalized spacial score (nSPS) is 12.8. The maximum Gasteiger partial charge on any atom is 0.388 e. The summed E-state index contributed by atoms with van der Waals surface area (Å²) in [7, 11) is 0. The SMILES string of the molecule is CC(C(=O)c1c(O)cccc1SP(=O)(O)O)c1cccc(O)c1. The topological polar surface area (TPSA) is 115 Å². The lowest BCUT2D eigenvalue weighted by molar-refractivity contribution is 0.0960. The Labute approximate surface area is 136 Å².